The summed E-state index contributed by atoms with van der Waals surface area (Å²) in [5.41, 5.74) is 0. The quantitative estimate of drug-likeness (QED) is 0.614. The third-order valence-electron chi connectivity index (χ3n) is 3.13. The molecule has 0 heterocycles. The molecule has 1 rings (SSSR count). The van der Waals surface area contributed by atoms with E-state index in [1.54, 1.807) is 7.11 Å². The first-order valence-corrected chi connectivity index (χ1v) is 6.26. The van der Waals surface area contributed by atoms with Crippen molar-refractivity contribution in [1.82, 2.24) is 4.90 Å². The molecule has 1 saturated carbocycles. The number of nitrogens with zero attached hydrogens (tertiary/aromatic N) is 1. The molecule has 0 bridgehead atoms. The summed E-state index contributed by atoms with van der Waals surface area (Å²) < 4.78 is 10.3. The molecule has 0 aromatic carbocycles. The molecular weight excluding hydrogens is 222 g/mol. The van der Waals surface area contributed by atoms with Crippen molar-refractivity contribution in [1.29, 1.82) is 0 Å². The van der Waals surface area contributed by atoms with E-state index in [1.807, 2.05) is 4.90 Å². The zero-order valence-corrected chi connectivity index (χ0v) is 10.6. The van der Waals surface area contributed by atoms with Gasteiger partial charge in [-0.25, -0.2) is 0 Å². The molecule has 5 nitrogen and oxygen atoms in total. The first-order chi connectivity index (χ1) is 8.24. The van der Waals surface area contributed by atoms with Crippen LogP contribution in [-0.4, -0.2) is 62.0 Å². The van der Waals surface area contributed by atoms with E-state index in [1.165, 1.54) is 12.8 Å². The molecule has 0 spiro atoms. The van der Waals surface area contributed by atoms with Crippen molar-refractivity contribution in [3.05, 3.63) is 0 Å². The van der Waals surface area contributed by atoms with Crippen LogP contribution in [0.15, 0.2) is 0 Å². The summed E-state index contributed by atoms with van der Waals surface area (Å²) in [6.45, 7) is 2.55. The minimum absolute atomic E-state index is 0.123. The van der Waals surface area contributed by atoms with Gasteiger partial charge >= 0.3 is 5.97 Å². The van der Waals surface area contributed by atoms with Gasteiger partial charge in [0.2, 0.25) is 0 Å². The predicted octanol–water partition coefficient (Wildman–Crippen LogP) is 0.979. The summed E-state index contributed by atoms with van der Waals surface area (Å²) in [4.78, 5) is 12.8. The summed E-state index contributed by atoms with van der Waals surface area (Å²) in [6, 6.07) is 0.428. The number of carboxylic acid groups (broad SMARTS) is 1. The van der Waals surface area contributed by atoms with Crippen LogP contribution >= 0.6 is 0 Å². The van der Waals surface area contributed by atoms with Gasteiger partial charge in [0, 0.05) is 19.7 Å². The van der Waals surface area contributed by atoms with E-state index in [2.05, 4.69) is 0 Å². The summed E-state index contributed by atoms with van der Waals surface area (Å²) in [5.74, 6) is -0.756. The van der Waals surface area contributed by atoms with Crippen LogP contribution in [0, 0.1) is 0 Å². The molecule has 1 N–H and O–H groups in total. The number of hydrogen-bond acceptors (Lipinski definition) is 4. The fourth-order valence-corrected chi connectivity index (χ4v) is 2.26. The van der Waals surface area contributed by atoms with E-state index in [-0.39, 0.29) is 6.54 Å². The van der Waals surface area contributed by atoms with Crippen LogP contribution in [0.25, 0.3) is 0 Å². The minimum atomic E-state index is -0.756. The molecule has 17 heavy (non-hydrogen) atoms. The maximum absolute atomic E-state index is 10.8. The zero-order valence-electron chi connectivity index (χ0n) is 10.6. The Kier molecular flexibility index (Phi) is 7.16. The Bertz CT molecular complexity index is 217. The van der Waals surface area contributed by atoms with Crippen molar-refractivity contribution in [3.63, 3.8) is 0 Å². The molecule has 1 aliphatic carbocycles. The highest BCUT2D eigenvalue weighted by molar-refractivity contribution is 5.69. The monoisotopic (exact) mass is 245 g/mol. The van der Waals surface area contributed by atoms with Gasteiger partial charge in [0.25, 0.3) is 0 Å². The summed E-state index contributed by atoms with van der Waals surface area (Å²) in [6.07, 6.45) is 4.66. The smallest absolute Gasteiger partial charge is 0.317 e. The van der Waals surface area contributed by atoms with Gasteiger partial charge in [-0.15, -0.1) is 0 Å². The molecule has 0 saturated heterocycles. The lowest BCUT2D eigenvalue weighted by molar-refractivity contribution is -0.139. The van der Waals surface area contributed by atoms with Crippen molar-refractivity contribution in [2.75, 3.05) is 40.0 Å². The lowest BCUT2D eigenvalue weighted by atomic mass is 10.2. The van der Waals surface area contributed by atoms with Crippen LogP contribution in [-0.2, 0) is 14.3 Å². The van der Waals surface area contributed by atoms with Crippen LogP contribution in [0.3, 0.4) is 0 Å². The summed E-state index contributed by atoms with van der Waals surface area (Å²) in [5, 5.41) is 8.88. The van der Waals surface area contributed by atoms with Gasteiger partial charge in [-0.05, 0) is 12.8 Å². The highest BCUT2D eigenvalue weighted by Gasteiger charge is 2.23. The van der Waals surface area contributed by atoms with E-state index < -0.39 is 5.97 Å². The van der Waals surface area contributed by atoms with E-state index in [4.69, 9.17) is 14.6 Å². The fourth-order valence-electron chi connectivity index (χ4n) is 2.26. The molecule has 100 valence electrons. The fraction of sp³-hybridized carbons (Fsp3) is 0.917. The SMILES string of the molecule is COCCOCCN(CC(=O)O)C1CCCC1. The number of methoxy groups -OCH3 is 1. The molecule has 0 aliphatic heterocycles. The third kappa shape index (κ3) is 6.00. The summed E-state index contributed by atoms with van der Waals surface area (Å²) >= 11 is 0. The van der Waals surface area contributed by atoms with E-state index in [9.17, 15) is 4.79 Å². The van der Waals surface area contributed by atoms with Crippen molar-refractivity contribution in [2.45, 2.75) is 31.7 Å². The van der Waals surface area contributed by atoms with Gasteiger partial charge < -0.3 is 14.6 Å². The number of rotatable bonds is 9. The second kappa shape index (κ2) is 8.44. The van der Waals surface area contributed by atoms with Gasteiger partial charge in [-0.3, -0.25) is 9.69 Å². The summed E-state index contributed by atoms with van der Waals surface area (Å²) in [7, 11) is 1.64. The Morgan fingerprint density at radius 3 is 2.59 bits per heavy atom. The average Bonchev–Trinajstić information content (AvgIpc) is 2.80. The molecule has 1 aliphatic rings. The maximum Gasteiger partial charge on any atom is 0.317 e. The van der Waals surface area contributed by atoms with E-state index in [0.29, 0.717) is 32.4 Å². The van der Waals surface area contributed by atoms with Gasteiger partial charge in [0.05, 0.1) is 26.4 Å². The third-order valence-corrected chi connectivity index (χ3v) is 3.13. The van der Waals surface area contributed by atoms with Crippen molar-refractivity contribution in [3.8, 4) is 0 Å². The van der Waals surface area contributed by atoms with Gasteiger partial charge in [0.15, 0.2) is 0 Å². The first-order valence-electron chi connectivity index (χ1n) is 6.26. The highest BCUT2D eigenvalue weighted by atomic mass is 16.5. The topological polar surface area (TPSA) is 59.0 Å². The lowest BCUT2D eigenvalue weighted by Crippen LogP contribution is -2.39. The van der Waals surface area contributed by atoms with Crippen LogP contribution in [0.1, 0.15) is 25.7 Å². The van der Waals surface area contributed by atoms with Crippen molar-refractivity contribution in [2.24, 2.45) is 0 Å². The van der Waals surface area contributed by atoms with Gasteiger partial charge in [-0.2, -0.15) is 0 Å². The second-order valence-electron chi connectivity index (χ2n) is 4.41. The first kappa shape index (κ1) is 14.4. The van der Waals surface area contributed by atoms with Crippen molar-refractivity contribution < 1.29 is 19.4 Å². The van der Waals surface area contributed by atoms with E-state index in [0.717, 1.165) is 12.8 Å². The Hall–Kier alpha value is -0.650. The van der Waals surface area contributed by atoms with Crippen LogP contribution in [0.4, 0.5) is 0 Å². The maximum atomic E-state index is 10.8. The van der Waals surface area contributed by atoms with Crippen LogP contribution < -0.4 is 0 Å². The minimum Gasteiger partial charge on any atom is -0.480 e. The molecular formula is C12H23NO4. The Balaban J connectivity index is 2.22. The normalized spacial score (nSPS) is 16.8. The van der Waals surface area contributed by atoms with Gasteiger partial charge in [0.1, 0.15) is 0 Å². The number of aliphatic carboxylic acids is 1. The van der Waals surface area contributed by atoms with Crippen LogP contribution in [0.2, 0.25) is 0 Å². The molecule has 0 atom stereocenters. The second-order valence-corrected chi connectivity index (χ2v) is 4.41. The molecule has 0 unspecified atom stereocenters. The Labute approximate surface area is 103 Å². The van der Waals surface area contributed by atoms with Gasteiger partial charge in [-0.1, -0.05) is 12.8 Å². The molecule has 0 radical (unpaired) electrons. The molecule has 0 amide bonds. The molecule has 5 heteroatoms. The number of carbonyl (C=O) groups is 1. The Morgan fingerprint density at radius 2 is 2.00 bits per heavy atom. The zero-order chi connectivity index (χ0) is 12.5. The lowest BCUT2D eigenvalue weighted by Gasteiger charge is -2.26. The number of carboxylic acids is 1. The van der Waals surface area contributed by atoms with Crippen LogP contribution in [0.5, 0.6) is 0 Å². The standard InChI is InChI=1S/C12H23NO4/c1-16-8-9-17-7-6-13(10-12(14)15)11-4-2-3-5-11/h11H,2-10H2,1H3,(H,14,15). The molecule has 0 aromatic rings. The molecule has 1 fully saturated rings. The number of ether oxygens (including phenoxy) is 2. The predicted molar refractivity (Wildman–Crippen MR) is 64.2 cm³/mol. The highest BCUT2D eigenvalue weighted by Crippen LogP contribution is 2.22. The average molecular weight is 245 g/mol. The largest absolute Gasteiger partial charge is 0.480 e. The molecule has 0 aromatic heterocycles. The Morgan fingerprint density at radius 1 is 1.29 bits per heavy atom. The van der Waals surface area contributed by atoms with Crippen molar-refractivity contribution >= 4 is 5.97 Å². The van der Waals surface area contributed by atoms with E-state index >= 15 is 0 Å². The number of hydrogen-bond donors (Lipinski definition) is 1.